The molecule has 0 bridgehead atoms. The van der Waals surface area contributed by atoms with Crippen molar-refractivity contribution in [1.29, 1.82) is 0 Å². The molecule has 1 atom stereocenters. The Balaban J connectivity index is 0.00000312. The third-order valence-electron chi connectivity index (χ3n) is 4.54. The van der Waals surface area contributed by atoms with Crippen LogP contribution in [-0.2, 0) is 14.8 Å². The lowest BCUT2D eigenvalue weighted by Crippen LogP contribution is -2.55. The van der Waals surface area contributed by atoms with E-state index in [9.17, 15) is 13.2 Å². The lowest BCUT2D eigenvalue weighted by molar-refractivity contribution is -0.134. The Labute approximate surface area is 160 Å². The summed E-state index contributed by atoms with van der Waals surface area (Å²) < 4.78 is 26.1. The van der Waals surface area contributed by atoms with Gasteiger partial charge in [0.1, 0.15) is 0 Å². The van der Waals surface area contributed by atoms with Crippen molar-refractivity contribution in [3.63, 3.8) is 0 Å². The SMILES string of the molecule is CN(CC(=O)N1CCC(N)C(C)(C)C1)S(=O)(=O)c1ccc(Cl)cc1.Cl. The van der Waals surface area contributed by atoms with Gasteiger partial charge in [-0.25, -0.2) is 8.42 Å². The highest BCUT2D eigenvalue weighted by molar-refractivity contribution is 7.89. The molecule has 1 aliphatic rings. The fourth-order valence-electron chi connectivity index (χ4n) is 2.75. The summed E-state index contributed by atoms with van der Waals surface area (Å²) in [5.41, 5.74) is 5.90. The van der Waals surface area contributed by atoms with Crippen LogP contribution >= 0.6 is 24.0 Å². The Morgan fingerprint density at radius 3 is 2.44 bits per heavy atom. The molecule has 1 heterocycles. The van der Waals surface area contributed by atoms with Crippen LogP contribution in [0.15, 0.2) is 29.2 Å². The zero-order valence-electron chi connectivity index (χ0n) is 14.6. The lowest BCUT2D eigenvalue weighted by atomic mass is 9.80. The third kappa shape index (κ3) is 5.08. The van der Waals surface area contributed by atoms with Gasteiger partial charge < -0.3 is 10.6 Å². The fraction of sp³-hybridized carbons (Fsp3) is 0.562. The van der Waals surface area contributed by atoms with E-state index in [4.69, 9.17) is 17.3 Å². The normalized spacial score (nSPS) is 20.2. The van der Waals surface area contributed by atoms with E-state index in [-0.39, 0.29) is 41.2 Å². The maximum atomic E-state index is 12.5. The number of amides is 1. The summed E-state index contributed by atoms with van der Waals surface area (Å²) in [4.78, 5) is 14.3. The molecule has 142 valence electrons. The Hall–Kier alpha value is -0.860. The van der Waals surface area contributed by atoms with Crippen LogP contribution in [0.1, 0.15) is 20.3 Å². The molecule has 25 heavy (non-hydrogen) atoms. The first kappa shape index (κ1) is 22.2. The number of likely N-dealkylation sites (N-methyl/N-ethyl adjacent to an activating group) is 1. The van der Waals surface area contributed by atoms with Crippen LogP contribution in [0.2, 0.25) is 5.02 Å². The van der Waals surface area contributed by atoms with Crippen molar-refractivity contribution in [2.75, 3.05) is 26.7 Å². The fourth-order valence-corrected chi connectivity index (χ4v) is 4.00. The molecule has 1 saturated heterocycles. The Morgan fingerprint density at radius 1 is 1.36 bits per heavy atom. The van der Waals surface area contributed by atoms with Gasteiger partial charge in [0.05, 0.1) is 11.4 Å². The molecule has 9 heteroatoms. The average molecular weight is 410 g/mol. The van der Waals surface area contributed by atoms with Crippen molar-refractivity contribution in [3.05, 3.63) is 29.3 Å². The van der Waals surface area contributed by atoms with Crippen LogP contribution in [0.5, 0.6) is 0 Å². The molecule has 6 nitrogen and oxygen atoms in total. The molecule has 1 amide bonds. The number of sulfonamides is 1. The zero-order chi connectivity index (χ0) is 18.1. The summed E-state index contributed by atoms with van der Waals surface area (Å²) >= 11 is 5.79. The first-order chi connectivity index (χ1) is 11.0. The highest BCUT2D eigenvalue weighted by Crippen LogP contribution is 2.28. The Morgan fingerprint density at radius 2 is 1.92 bits per heavy atom. The first-order valence-corrected chi connectivity index (χ1v) is 9.61. The molecule has 0 saturated carbocycles. The molecule has 1 unspecified atom stereocenters. The van der Waals surface area contributed by atoms with Gasteiger partial charge in [0, 0.05) is 31.2 Å². The molecule has 1 fully saturated rings. The number of carbonyl (C=O) groups is 1. The number of nitrogens with zero attached hydrogens (tertiary/aromatic N) is 2. The topological polar surface area (TPSA) is 83.7 Å². The second-order valence-electron chi connectivity index (χ2n) is 6.91. The number of carbonyl (C=O) groups excluding carboxylic acids is 1. The molecule has 0 spiro atoms. The number of benzene rings is 1. The molecule has 0 radical (unpaired) electrons. The number of rotatable bonds is 4. The van der Waals surface area contributed by atoms with Gasteiger partial charge in [-0.2, -0.15) is 4.31 Å². The molecule has 1 aromatic rings. The molecule has 0 aliphatic carbocycles. The van der Waals surface area contributed by atoms with E-state index in [1.54, 1.807) is 4.90 Å². The van der Waals surface area contributed by atoms with Gasteiger partial charge in [0.15, 0.2) is 0 Å². The minimum atomic E-state index is -3.73. The van der Waals surface area contributed by atoms with E-state index in [0.717, 1.165) is 4.31 Å². The van der Waals surface area contributed by atoms with Gasteiger partial charge in [0.25, 0.3) is 0 Å². The van der Waals surface area contributed by atoms with Gasteiger partial charge in [-0.3, -0.25) is 4.79 Å². The van der Waals surface area contributed by atoms with Crippen LogP contribution in [0.25, 0.3) is 0 Å². The van der Waals surface area contributed by atoms with Crippen molar-refractivity contribution in [2.24, 2.45) is 11.1 Å². The number of piperidine rings is 1. The second kappa shape index (κ2) is 8.22. The van der Waals surface area contributed by atoms with Crippen molar-refractivity contribution in [3.8, 4) is 0 Å². The maximum Gasteiger partial charge on any atom is 0.243 e. The Bertz CT molecular complexity index is 708. The Kier molecular flexibility index (Phi) is 7.30. The van der Waals surface area contributed by atoms with Gasteiger partial charge in [0.2, 0.25) is 15.9 Å². The second-order valence-corrected chi connectivity index (χ2v) is 9.40. The van der Waals surface area contributed by atoms with Crippen molar-refractivity contribution in [1.82, 2.24) is 9.21 Å². The standard InChI is InChI=1S/C16H24ClN3O3S.ClH/c1-16(2)11-20(9-8-14(16)18)15(21)10-19(3)24(22,23)13-6-4-12(17)5-7-13;/h4-7,14H,8-11,18H2,1-3H3;1H. The highest BCUT2D eigenvalue weighted by atomic mass is 35.5. The summed E-state index contributed by atoms with van der Waals surface area (Å²) in [7, 11) is -2.32. The highest BCUT2D eigenvalue weighted by Gasteiger charge is 2.36. The summed E-state index contributed by atoms with van der Waals surface area (Å²) in [5.74, 6) is -0.213. The number of hydrogen-bond donors (Lipinski definition) is 1. The first-order valence-electron chi connectivity index (χ1n) is 7.79. The van der Waals surface area contributed by atoms with Gasteiger partial charge in [-0.05, 0) is 36.1 Å². The van der Waals surface area contributed by atoms with Crippen LogP contribution in [0.3, 0.4) is 0 Å². The largest absolute Gasteiger partial charge is 0.341 e. The number of hydrogen-bond acceptors (Lipinski definition) is 4. The molecule has 2 N–H and O–H groups in total. The monoisotopic (exact) mass is 409 g/mol. The van der Waals surface area contributed by atoms with Crippen molar-refractivity contribution < 1.29 is 13.2 Å². The minimum Gasteiger partial charge on any atom is -0.341 e. The van der Waals surface area contributed by atoms with E-state index < -0.39 is 10.0 Å². The summed E-state index contributed by atoms with van der Waals surface area (Å²) in [5, 5.41) is 0.458. The van der Waals surface area contributed by atoms with E-state index in [2.05, 4.69) is 0 Å². The quantitative estimate of drug-likeness (QED) is 0.823. The van der Waals surface area contributed by atoms with Crippen LogP contribution in [0.4, 0.5) is 0 Å². The summed E-state index contributed by atoms with van der Waals surface area (Å²) in [6.07, 6.45) is 0.715. The van der Waals surface area contributed by atoms with Gasteiger partial charge in [-0.1, -0.05) is 25.4 Å². The van der Waals surface area contributed by atoms with E-state index in [1.165, 1.54) is 31.3 Å². The van der Waals surface area contributed by atoms with E-state index in [1.807, 2.05) is 13.8 Å². The molecule has 1 aromatic carbocycles. The smallest absolute Gasteiger partial charge is 0.243 e. The molecule has 0 aromatic heterocycles. The van der Waals surface area contributed by atoms with Crippen molar-refractivity contribution >= 4 is 39.9 Å². The third-order valence-corrected chi connectivity index (χ3v) is 6.61. The van der Waals surface area contributed by atoms with Crippen LogP contribution in [-0.4, -0.2) is 56.3 Å². The average Bonchev–Trinajstić information content (AvgIpc) is 2.50. The van der Waals surface area contributed by atoms with E-state index in [0.29, 0.717) is 24.5 Å². The minimum absolute atomic E-state index is 0. The predicted molar refractivity (Wildman–Crippen MR) is 101 cm³/mol. The number of nitrogens with two attached hydrogens (primary N) is 1. The van der Waals surface area contributed by atoms with Crippen LogP contribution < -0.4 is 5.73 Å². The van der Waals surface area contributed by atoms with Crippen molar-refractivity contribution in [2.45, 2.75) is 31.2 Å². The summed E-state index contributed by atoms with van der Waals surface area (Å²) in [6, 6.07) is 5.93. The lowest BCUT2D eigenvalue weighted by Gasteiger charge is -2.42. The number of likely N-dealkylation sites (tertiary alicyclic amines) is 1. The molecule has 2 rings (SSSR count). The molecular weight excluding hydrogens is 385 g/mol. The van der Waals surface area contributed by atoms with E-state index >= 15 is 0 Å². The van der Waals surface area contributed by atoms with Gasteiger partial charge >= 0.3 is 0 Å². The van der Waals surface area contributed by atoms with Gasteiger partial charge in [-0.15, -0.1) is 12.4 Å². The summed E-state index contributed by atoms with van der Waals surface area (Å²) in [6.45, 7) is 4.92. The zero-order valence-corrected chi connectivity index (χ0v) is 17.0. The maximum absolute atomic E-state index is 12.5. The molecular formula is C16H25Cl2N3O3S. The number of halogens is 2. The van der Waals surface area contributed by atoms with Crippen LogP contribution in [0, 0.1) is 5.41 Å². The molecule has 1 aliphatic heterocycles. The predicted octanol–water partition coefficient (Wildman–Crippen LogP) is 1.97.